The Bertz CT molecular complexity index is 338. The van der Waals surface area contributed by atoms with Gasteiger partial charge in [0.05, 0.1) is 18.8 Å². The van der Waals surface area contributed by atoms with Gasteiger partial charge in [-0.15, -0.1) is 0 Å². The number of aliphatic hydroxyl groups is 1. The van der Waals surface area contributed by atoms with Gasteiger partial charge in [0, 0.05) is 0 Å². The molecule has 0 unspecified atom stereocenters. The van der Waals surface area contributed by atoms with Gasteiger partial charge in [0.1, 0.15) is 5.76 Å². The van der Waals surface area contributed by atoms with E-state index in [4.69, 9.17) is 5.26 Å². The number of nitrogens with zero attached hydrogens (tertiary/aromatic N) is 1. The van der Waals surface area contributed by atoms with Crippen molar-refractivity contribution in [2.24, 2.45) is 0 Å². The van der Waals surface area contributed by atoms with Crippen molar-refractivity contribution in [2.45, 2.75) is 18.2 Å². The SMILES string of the molecule is N#CC[C@](O)(c1ccco1)C(F)(F)F. The van der Waals surface area contributed by atoms with Gasteiger partial charge in [-0.1, -0.05) is 0 Å². The topological polar surface area (TPSA) is 57.2 Å². The molecule has 1 aromatic heterocycles. The van der Waals surface area contributed by atoms with Gasteiger partial charge in [-0.05, 0) is 12.1 Å². The lowest BCUT2D eigenvalue weighted by Gasteiger charge is -2.25. The number of halogens is 3. The number of hydrogen-bond donors (Lipinski definition) is 1. The second-order valence-electron chi connectivity index (χ2n) is 2.67. The monoisotopic (exact) mass is 205 g/mol. The van der Waals surface area contributed by atoms with Crippen molar-refractivity contribution in [3.63, 3.8) is 0 Å². The van der Waals surface area contributed by atoms with E-state index in [0.29, 0.717) is 0 Å². The van der Waals surface area contributed by atoms with Crippen LogP contribution in [-0.2, 0) is 5.60 Å². The summed E-state index contributed by atoms with van der Waals surface area (Å²) in [5.74, 6) is -0.674. The fourth-order valence-corrected chi connectivity index (χ4v) is 0.955. The van der Waals surface area contributed by atoms with Gasteiger partial charge in [0.2, 0.25) is 5.60 Å². The highest BCUT2D eigenvalue weighted by Gasteiger charge is 2.57. The van der Waals surface area contributed by atoms with E-state index < -0.39 is 24.0 Å². The molecule has 1 N–H and O–H groups in total. The Kier molecular flexibility index (Phi) is 2.53. The van der Waals surface area contributed by atoms with Crippen molar-refractivity contribution in [1.82, 2.24) is 0 Å². The Labute approximate surface area is 77.4 Å². The van der Waals surface area contributed by atoms with Crippen LogP contribution in [-0.4, -0.2) is 11.3 Å². The van der Waals surface area contributed by atoms with Gasteiger partial charge in [-0.3, -0.25) is 0 Å². The molecular formula is C8H6F3NO2. The van der Waals surface area contributed by atoms with Gasteiger partial charge in [0.25, 0.3) is 0 Å². The first kappa shape index (κ1) is 10.6. The van der Waals surface area contributed by atoms with Crippen LogP contribution in [0.5, 0.6) is 0 Å². The van der Waals surface area contributed by atoms with Crippen molar-refractivity contribution < 1.29 is 22.7 Å². The fourth-order valence-electron chi connectivity index (χ4n) is 0.955. The van der Waals surface area contributed by atoms with Crippen LogP contribution in [0.25, 0.3) is 0 Å². The second kappa shape index (κ2) is 3.35. The van der Waals surface area contributed by atoms with Crippen LogP contribution in [0.15, 0.2) is 22.8 Å². The standard InChI is InChI=1S/C8H6F3NO2/c9-8(10,11)7(13,3-4-12)6-2-1-5-14-6/h1-2,5,13H,3H2/t7-/m0/s1. The average molecular weight is 205 g/mol. The molecular weight excluding hydrogens is 199 g/mol. The molecule has 0 aliphatic rings. The van der Waals surface area contributed by atoms with Crippen LogP contribution < -0.4 is 0 Å². The number of nitriles is 1. The van der Waals surface area contributed by atoms with Crippen molar-refractivity contribution in [1.29, 1.82) is 5.26 Å². The number of hydrogen-bond acceptors (Lipinski definition) is 3. The van der Waals surface area contributed by atoms with Crippen LogP contribution in [0, 0.1) is 11.3 Å². The summed E-state index contributed by atoms with van der Waals surface area (Å²) in [4.78, 5) is 0. The Morgan fingerprint density at radius 2 is 2.14 bits per heavy atom. The number of alkyl halides is 3. The Morgan fingerprint density at radius 1 is 1.50 bits per heavy atom. The molecule has 1 heterocycles. The number of furan rings is 1. The van der Waals surface area contributed by atoms with E-state index in [2.05, 4.69) is 4.42 Å². The molecule has 0 bridgehead atoms. The summed E-state index contributed by atoms with van der Waals surface area (Å²) in [6, 6.07) is 3.46. The van der Waals surface area contributed by atoms with E-state index in [9.17, 15) is 18.3 Å². The van der Waals surface area contributed by atoms with Gasteiger partial charge in [-0.2, -0.15) is 18.4 Å². The third kappa shape index (κ3) is 1.59. The molecule has 0 fully saturated rings. The Hall–Kier alpha value is -1.48. The minimum atomic E-state index is -4.93. The smallest absolute Gasteiger partial charge is 0.425 e. The van der Waals surface area contributed by atoms with E-state index in [1.807, 2.05) is 0 Å². The quantitative estimate of drug-likeness (QED) is 0.802. The maximum Gasteiger partial charge on any atom is 0.425 e. The normalized spacial score (nSPS) is 15.9. The molecule has 0 saturated carbocycles. The van der Waals surface area contributed by atoms with Gasteiger partial charge in [0.15, 0.2) is 0 Å². The van der Waals surface area contributed by atoms with E-state index in [1.165, 1.54) is 12.1 Å². The zero-order valence-electron chi connectivity index (χ0n) is 6.88. The lowest BCUT2D eigenvalue weighted by molar-refractivity contribution is -0.270. The molecule has 1 atom stereocenters. The maximum atomic E-state index is 12.4. The highest BCUT2D eigenvalue weighted by Crippen LogP contribution is 2.41. The van der Waals surface area contributed by atoms with Crippen LogP contribution in [0.4, 0.5) is 13.2 Å². The molecule has 0 amide bonds. The number of rotatable bonds is 2. The van der Waals surface area contributed by atoms with Crippen LogP contribution in [0.2, 0.25) is 0 Å². The third-order valence-corrected chi connectivity index (χ3v) is 1.73. The van der Waals surface area contributed by atoms with Crippen LogP contribution in [0.3, 0.4) is 0 Å². The summed E-state index contributed by atoms with van der Waals surface area (Å²) in [6.45, 7) is 0. The molecule has 1 rings (SSSR count). The first-order valence-corrected chi connectivity index (χ1v) is 3.62. The highest BCUT2D eigenvalue weighted by atomic mass is 19.4. The first-order chi connectivity index (χ1) is 6.42. The lowest BCUT2D eigenvalue weighted by atomic mass is 9.97. The lowest BCUT2D eigenvalue weighted by Crippen LogP contribution is -2.41. The molecule has 0 aliphatic heterocycles. The maximum absolute atomic E-state index is 12.4. The average Bonchev–Trinajstić information content (AvgIpc) is 2.54. The largest absolute Gasteiger partial charge is 0.466 e. The zero-order chi connectivity index (χ0) is 10.8. The van der Waals surface area contributed by atoms with Gasteiger partial charge < -0.3 is 9.52 Å². The van der Waals surface area contributed by atoms with Crippen molar-refractivity contribution in [2.75, 3.05) is 0 Å². The summed E-state index contributed by atoms with van der Waals surface area (Å²) in [5, 5.41) is 17.5. The highest BCUT2D eigenvalue weighted by molar-refractivity contribution is 5.14. The van der Waals surface area contributed by atoms with E-state index in [-0.39, 0.29) is 0 Å². The van der Waals surface area contributed by atoms with Gasteiger partial charge >= 0.3 is 6.18 Å². The predicted molar refractivity (Wildman–Crippen MR) is 38.9 cm³/mol. The minimum Gasteiger partial charge on any atom is -0.466 e. The minimum absolute atomic E-state index is 0.674. The molecule has 0 spiro atoms. The molecule has 0 aliphatic carbocycles. The summed E-state index contributed by atoms with van der Waals surface area (Å²) >= 11 is 0. The second-order valence-corrected chi connectivity index (χ2v) is 2.67. The molecule has 0 radical (unpaired) electrons. The predicted octanol–water partition coefficient (Wildman–Crippen LogP) is 1.94. The first-order valence-electron chi connectivity index (χ1n) is 3.62. The molecule has 6 heteroatoms. The molecule has 14 heavy (non-hydrogen) atoms. The van der Waals surface area contributed by atoms with Crippen molar-refractivity contribution in [3.05, 3.63) is 24.2 Å². The van der Waals surface area contributed by atoms with Gasteiger partial charge in [-0.25, -0.2) is 0 Å². The Morgan fingerprint density at radius 3 is 2.50 bits per heavy atom. The van der Waals surface area contributed by atoms with Crippen LogP contribution in [0.1, 0.15) is 12.2 Å². The van der Waals surface area contributed by atoms with Crippen LogP contribution >= 0.6 is 0 Å². The summed E-state index contributed by atoms with van der Waals surface area (Å²) in [6.07, 6.45) is -5.02. The summed E-state index contributed by atoms with van der Waals surface area (Å²) in [7, 11) is 0. The fraction of sp³-hybridized carbons (Fsp3) is 0.375. The third-order valence-electron chi connectivity index (χ3n) is 1.73. The summed E-state index contributed by atoms with van der Waals surface area (Å²) in [5.41, 5.74) is -3.22. The molecule has 0 saturated heterocycles. The zero-order valence-corrected chi connectivity index (χ0v) is 6.88. The molecule has 1 aromatic rings. The van der Waals surface area contributed by atoms with Crippen molar-refractivity contribution >= 4 is 0 Å². The van der Waals surface area contributed by atoms with E-state index in [0.717, 1.165) is 12.3 Å². The molecule has 76 valence electrons. The summed E-state index contributed by atoms with van der Waals surface area (Å²) < 4.78 is 41.6. The van der Waals surface area contributed by atoms with E-state index >= 15 is 0 Å². The molecule has 3 nitrogen and oxygen atoms in total. The molecule has 0 aromatic carbocycles. The van der Waals surface area contributed by atoms with E-state index in [1.54, 1.807) is 0 Å². The van der Waals surface area contributed by atoms with Crippen molar-refractivity contribution in [3.8, 4) is 6.07 Å². The Balaban J connectivity index is 3.14.